The van der Waals surface area contributed by atoms with Crippen LogP contribution < -0.4 is 10.6 Å². The molecule has 2 aromatic rings. The molecule has 0 atom stereocenters. The van der Waals surface area contributed by atoms with Crippen LogP contribution in [0.5, 0.6) is 0 Å². The second-order valence-corrected chi connectivity index (χ2v) is 5.16. The molecule has 0 spiro atoms. The van der Waals surface area contributed by atoms with Crippen LogP contribution in [0.1, 0.15) is 0 Å². The van der Waals surface area contributed by atoms with Crippen molar-refractivity contribution in [3.8, 4) is 0 Å². The summed E-state index contributed by atoms with van der Waals surface area (Å²) in [6.07, 6.45) is 0. The Labute approximate surface area is 124 Å². The summed E-state index contributed by atoms with van der Waals surface area (Å²) in [6, 6.07) is 12.6. The molecule has 0 aromatic heterocycles. The van der Waals surface area contributed by atoms with Crippen molar-refractivity contribution >= 4 is 45.3 Å². The smallest absolute Gasteiger partial charge is 0.273 e. The fraction of sp³-hybridized carbons (Fsp3) is 0.0769. The average Bonchev–Trinajstić information content (AvgIpc) is 2.38. The van der Waals surface area contributed by atoms with Crippen molar-refractivity contribution in [1.29, 1.82) is 0 Å². The minimum atomic E-state index is -0.402. The Bertz CT molecular complexity index is 617. The molecule has 0 heterocycles. The Hall–Kier alpha value is -1.83. The van der Waals surface area contributed by atoms with E-state index >= 15 is 0 Å². The summed E-state index contributed by atoms with van der Waals surface area (Å²) < 4.78 is 1.10. The van der Waals surface area contributed by atoms with Crippen molar-refractivity contribution in [3.05, 3.63) is 56.1 Å². The number of benzene rings is 2. The van der Waals surface area contributed by atoms with Crippen LogP contribution in [-0.2, 0) is 0 Å². The Morgan fingerprint density at radius 1 is 1.11 bits per heavy atom. The molecule has 0 radical (unpaired) electrons. The summed E-state index contributed by atoms with van der Waals surface area (Å²) in [5.41, 5.74) is 2.33. The van der Waals surface area contributed by atoms with E-state index < -0.39 is 4.92 Å². The van der Waals surface area contributed by atoms with E-state index in [1.165, 1.54) is 12.1 Å². The lowest BCUT2D eigenvalue weighted by atomic mass is 10.2. The third-order valence-electron chi connectivity index (χ3n) is 2.53. The number of non-ortho nitro benzene ring substituents is 1. The van der Waals surface area contributed by atoms with Crippen LogP contribution in [-0.4, -0.2) is 12.0 Å². The van der Waals surface area contributed by atoms with Gasteiger partial charge in [-0.15, -0.1) is 0 Å². The van der Waals surface area contributed by atoms with E-state index in [0.29, 0.717) is 11.4 Å². The molecule has 0 aliphatic carbocycles. The summed E-state index contributed by atoms with van der Waals surface area (Å²) in [7, 11) is 1.73. The maximum atomic E-state index is 10.9. The van der Waals surface area contributed by atoms with Crippen molar-refractivity contribution in [2.45, 2.75) is 0 Å². The van der Waals surface area contributed by atoms with Crippen LogP contribution in [0.4, 0.5) is 22.7 Å². The zero-order valence-electron chi connectivity index (χ0n) is 10.2. The molecule has 6 heteroatoms. The van der Waals surface area contributed by atoms with Crippen molar-refractivity contribution in [3.63, 3.8) is 0 Å². The van der Waals surface area contributed by atoms with Gasteiger partial charge in [-0.05, 0) is 46.9 Å². The molecule has 98 valence electrons. The van der Waals surface area contributed by atoms with Gasteiger partial charge < -0.3 is 10.6 Å². The molecule has 2 aromatic carbocycles. The minimum Gasteiger partial charge on any atom is -0.388 e. The van der Waals surface area contributed by atoms with E-state index in [1.54, 1.807) is 7.05 Å². The van der Waals surface area contributed by atoms with Crippen molar-refractivity contribution in [2.24, 2.45) is 0 Å². The van der Waals surface area contributed by atoms with Crippen LogP contribution >= 0.6 is 22.6 Å². The number of nitro benzene ring substituents is 1. The molecule has 2 N–H and O–H groups in total. The first kappa shape index (κ1) is 13.6. The van der Waals surface area contributed by atoms with Gasteiger partial charge in [-0.3, -0.25) is 10.1 Å². The van der Waals surface area contributed by atoms with Gasteiger partial charge in [0, 0.05) is 39.8 Å². The lowest BCUT2D eigenvalue weighted by Gasteiger charge is -2.09. The van der Waals surface area contributed by atoms with Gasteiger partial charge in [0.05, 0.1) is 4.92 Å². The van der Waals surface area contributed by atoms with E-state index in [-0.39, 0.29) is 5.69 Å². The molecule has 5 nitrogen and oxygen atoms in total. The Kier molecular flexibility index (Phi) is 4.20. The van der Waals surface area contributed by atoms with Crippen LogP contribution in [0.25, 0.3) is 0 Å². The van der Waals surface area contributed by atoms with Gasteiger partial charge in [0.15, 0.2) is 0 Å². The molecule has 0 saturated heterocycles. The van der Waals surface area contributed by atoms with Gasteiger partial charge in [0.1, 0.15) is 0 Å². The van der Waals surface area contributed by atoms with Gasteiger partial charge in [0.2, 0.25) is 0 Å². The number of anilines is 3. The van der Waals surface area contributed by atoms with E-state index in [2.05, 4.69) is 33.2 Å². The second kappa shape index (κ2) is 5.87. The number of nitrogens with zero attached hydrogens (tertiary/aromatic N) is 1. The van der Waals surface area contributed by atoms with Crippen LogP contribution in [0.15, 0.2) is 42.5 Å². The minimum absolute atomic E-state index is 0.0555. The van der Waals surface area contributed by atoms with Gasteiger partial charge >= 0.3 is 0 Å². The summed E-state index contributed by atoms with van der Waals surface area (Å²) in [6.45, 7) is 0. The van der Waals surface area contributed by atoms with Crippen molar-refractivity contribution in [1.82, 2.24) is 0 Å². The number of nitro groups is 1. The highest BCUT2D eigenvalue weighted by Crippen LogP contribution is 2.27. The molecule has 0 aliphatic heterocycles. The molecule has 0 saturated carbocycles. The number of hydrogen-bond donors (Lipinski definition) is 2. The van der Waals surface area contributed by atoms with E-state index in [4.69, 9.17) is 0 Å². The predicted molar refractivity (Wildman–Crippen MR) is 85.1 cm³/mol. The highest BCUT2D eigenvalue weighted by molar-refractivity contribution is 14.1. The molecule has 2 rings (SSSR count). The molecule has 0 bridgehead atoms. The summed E-state index contributed by atoms with van der Waals surface area (Å²) in [5.74, 6) is 0. The van der Waals surface area contributed by atoms with Crippen LogP contribution in [0.3, 0.4) is 0 Å². The summed E-state index contributed by atoms with van der Waals surface area (Å²) >= 11 is 2.22. The van der Waals surface area contributed by atoms with Gasteiger partial charge in [-0.1, -0.05) is 6.07 Å². The Morgan fingerprint density at radius 3 is 2.47 bits per heavy atom. The Balaban J connectivity index is 2.34. The van der Waals surface area contributed by atoms with Crippen molar-refractivity contribution in [2.75, 3.05) is 17.7 Å². The summed E-state index contributed by atoms with van der Waals surface area (Å²) in [5, 5.41) is 17.0. The predicted octanol–water partition coefficient (Wildman–Crippen LogP) is 3.98. The lowest BCUT2D eigenvalue weighted by Crippen LogP contribution is -1.96. The number of hydrogen-bond acceptors (Lipinski definition) is 4. The number of nitrogens with one attached hydrogen (secondary N) is 2. The normalized spacial score (nSPS) is 10.0. The maximum absolute atomic E-state index is 10.9. The largest absolute Gasteiger partial charge is 0.388 e. The monoisotopic (exact) mass is 369 g/mol. The number of halogens is 1. The SMILES string of the molecule is CNc1cc(Nc2cccc(I)c2)cc([N+](=O)[O-])c1. The van der Waals surface area contributed by atoms with Gasteiger partial charge in [0.25, 0.3) is 5.69 Å². The maximum Gasteiger partial charge on any atom is 0.273 e. The third kappa shape index (κ3) is 3.57. The lowest BCUT2D eigenvalue weighted by molar-refractivity contribution is -0.384. The van der Waals surface area contributed by atoms with Gasteiger partial charge in [-0.25, -0.2) is 0 Å². The first-order valence-electron chi connectivity index (χ1n) is 5.58. The quantitative estimate of drug-likeness (QED) is 0.486. The zero-order chi connectivity index (χ0) is 13.8. The topological polar surface area (TPSA) is 67.2 Å². The third-order valence-corrected chi connectivity index (χ3v) is 3.20. The van der Waals surface area contributed by atoms with Gasteiger partial charge in [-0.2, -0.15) is 0 Å². The van der Waals surface area contributed by atoms with E-state index in [1.807, 2.05) is 30.3 Å². The fourth-order valence-electron chi connectivity index (χ4n) is 1.67. The number of rotatable bonds is 4. The highest BCUT2D eigenvalue weighted by Gasteiger charge is 2.09. The Morgan fingerprint density at radius 2 is 1.84 bits per heavy atom. The zero-order valence-corrected chi connectivity index (χ0v) is 12.3. The molecular weight excluding hydrogens is 357 g/mol. The molecule has 19 heavy (non-hydrogen) atoms. The van der Waals surface area contributed by atoms with Crippen LogP contribution in [0.2, 0.25) is 0 Å². The molecule has 0 fully saturated rings. The fourth-order valence-corrected chi connectivity index (χ4v) is 2.21. The van der Waals surface area contributed by atoms with E-state index in [9.17, 15) is 10.1 Å². The molecule has 0 unspecified atom stereocenters. The molecule has 0 amide bonds. The van der Waals surface area contributed by atoms with E-state index in [0.717, 1.165) is 9.26 Å². The van der Waals surface area contributed by atoms with Crippen molar-refractivity contribution < 1.29 is 4.92 Å². The second-order valence-electron chi connectivity index (χ2n) is 3.91. The standard InChI is InChI=1S/C13H12IN3O2/c1-15-11-6-12(8-13(7-11)17(18)19)16-10-4-2-3-9(14)5-10/h2-8,15-16H,1H3. The highest BCUT2D eigenvalue weighted by atomic mass is 127. The molecular formula is C13H12IN3O2. The first-order chi connectivity index (χ1) is 9.08. The molecule has 0 aliphatic rings. The summed E-state index contributed by atoms with van der Waals surface area (Å²) in [4.78, 5) is 10.5. The van der Waals surface area contributed by atoms with Crippen LogP contribution in [0, 0.1) is 13.7 Å². The first-order valence-corrected chi connectivity index (χ1v) is 6.66. The average molecular weight is 369 g/mol.